The molecule has 1 aliphatic carbocycles. The van der Waals surface area contributed by atoms with Gasteiger partial charge in [0.2, 0.25) is 11.8 Å². The van der Waals surface area contributed by atoms with Gasteiger partial charge in [0.15, 0.2) is 0 Å². The molecule has 2 fully saturated rings. The summed E-state index contributed by atoms with van der Waals surface area (Å²) >= 11 is 6.66. The summed E-state index contributed by atoms with van der Waals surface area (Å²) in [6.07, 6.45) is 3.14. The number of hydrogen-bond acceptors (Lipinski definition) is 3. The number of nitrogens with one attached hydrogen (secondary N) is 1. The van der Waals surface area contributed by atoms with Crippen LogP contribution < -0.4 is 10.2 Å². The van der Waals surface area contributed by atoms with Crippen molar-refractivity contribution in [2.24, 2.45) is 0 Å². The lowest BCUT2D eigenvalue weighted by Crippen LogP contribution is -2.35. The van der Waals surface area contributed by atoms with Gasteiger partial charge in [0.25, 0.3) is 0 Å². The molecule has 2 heterocycles. The van der Waals surface area contributed by atoms with E-state index in [1.54, 1.807) is 25.1 Å². The fourth-order valence-electron chi connectivity index (χ4n) is 5.82. The molecule has 1 saturated heterocycles. The highest BCUT2D eigenvalue weighted by Crippen LogP contribution is 2.65. The average Bonchev–Trinajstić information content (AvgIpc) is 3.55. The monoisotopic (exact) mass is 500 g/mol. The van der Waals surface area contributed by atoms with Crippen molar-refractivity contribution in [2.45, 2.75) is 43.9 Å². The second-order valence-electron chi connectivity index (χ2n) is 9.99. The molecule has 36 heavy (non-hydrogen) atoms. The molecule has 1 spiro atoms. The normalized spacial score (nSPS) is 22.5. The van der Waals surface area contributed by atoms with E-state index in [0.29, 0.717) is 29.1 Å². The van der Waals surface area contributed by atoms with Crippen LogP contribution in [0.2, 0.25) is 5.02 Å². The van der Waals surface area contributed by atoms with Crippen LogP contribution in [0.3, 0.4) is 0 Å². The van der Waals surface area contributed by atoms with Gasteiger partial charge in [-0.05, 0) is 78.8 Å². The Morgan fingerprint density at radius 3 is 2.58 bits per heavy atom. The maximum atomic E-state index is 13.2. The summed E-state index contributed by atoms with van der Waals surface area (Å²) in [6.45, 7) is 2.51. The lowest BCUT2D eigenvalue weighted by atomic mass is 9.89. The Hall–Kier alpha value is -3.64. The molecule has 3 aliphatic rings. The molecule has 2 unspecified atom stereocenters. The summed E-state index contributed by atoms with van der Waals surface area (Å²) in [7, 11) is 0. The van der Waals surface area contributed by atoms with Crippen molar-refractivity contribution in [3.63, 3.8) is 0 Å². The highest BCUT2D eigenvalue weighted by molar-refractivity contribution is 6.34. The summed E-state index contributed by atoms with van der Waals surface area (Å²) in [4.78, 5) is 39.0. The number of carboxylic acid groups (broad SMARTS) is 1. The molecule has 7 heteroatoms. The zero-order chi connectivity index (χ0) is 25.2. The lowest BCUT2D eigenvalue weighted by molar-refractivity contribution is -0.119. The number of carboxylic acids is 1. The molecule has 0 radical (unpaired) electrons. The van der Waals surface area contributed by atoms with Crippen LogP contribution in [-0.2, 0) is 15.0 Å². The van der Waals surface area contributed by atoms with E-state index in [9.17, 15) is 19.5 Å². The van der Waals surface area contributed by atoms with E-state index in [-0.39, 0.29) is 23.3 Å². The number of anilines is 2. The molecule has 6 rings (SSSR count). The zero-order valence-electron chi connectivity index (χ0n) is 19.8. The van der Waals surface area contributed by atoms with Gasteiger partial charge < -0.3 is 15.3 Å². The van der Waals surface area contributed by atoms with Gasteiger partial charge in [-0.25, -0.2) is 4.79 Å². The van der Waals surface area contributed by atoms with Crippen LogP contribution in [-0.4, -0.2) is 29.4 Å². The molecule has 1 saturated carbocycles. The Balaban J connectivity index is 1.35. The van der Waals surface area contributed by atoms with Crippen molar-refractivity contribution in [1.82, 2.24) is 0 Å². The number of fused-ring (bicyclic) bond motifs is 2. The number of benzene rings is 3. The van der Waals surface area contributed by atoms with Crippen molar-refractivity contribution in [3.05, 3.63) is 81.9 Å². The minimum atomic E-state index is -0.968. The number of piperidine rings is 1. The predicted molar refractivity (Wildman–Crippen MR) is 139 cm³/mol. The third-order valence-electron chi connectivity index (χ3n) is 7.91. The van der Waals surface area contributed by atoms with Gasteiger partial charge in [0, 0.05) is 35.8 Å². The molecule has 2 N–H and O–H groups in total. The number of nitrogens with zero attached hydrogens (tertiary/aromatic N) is 1. The van der Waals surface area contributed by atoms with Gasteiger partial charge in [-0.3, -0.25) is 9.59 Å². The van der Waals surface area contributed by atoms with Crippen LogP contribution in [0.15, 0.2) is 54.6 Å². The first-order valence-corrected chi connectivity index (χ1v) is 12.6. The number of rotatable bonds is 4. The number of hydrogen-bond donors (Lipinski definition) is 2. The van der Waals surface area contributed by atoms with Crippen LogP contribution in [0, 0.1) is 6.92 Å². The first-order valence-electron chi connectivity index (χ1n) is 12.2. The van der Waals surface area contributed by atoms with E-state index in [1.165, 1.54) is 0 Å². The molecule has 0 aromatic heterocycles. The van der Waals surface area contributed by atoms with E-state index >= 15 is 0 Å². The summed E-state index contributed by atoms with van der Waals surface area (Å²) in [5, 5.41) is 13.1. The molecule has 3 aromatic rings. The smallest absolute Gasteiger partial charge is 0.335 e. The number of carbonyl (C=O) groups is 3. The van der Waals surface area contributed by atoms with Gasteiger partial charge in [-0.15, -0.1) is 0 Å². The number of amides is 2. The van der Waals surface area contributed by atoms with Crippen molar-refractivity contribution in [1.29, 1.82) is 0 Å². The second kappa shape index (κ2) is 8.20. The van der Waals surface area contributed by atoms with Crippen molar-refractivity contribution in [3.8, 4) is 11.1 Å². The number of carbonyl (C=O) groups excluding carboxylic acids is 2. The van der Waals surface area contributed by atoms with Gasteiger partial charge in [0.05, 0.1) is 16.0 Å². The predicted octanol–water partition coefficient (Wildman–Crippen LogP) is 5.91. The first kappa shape index (κ1) is 22.8. The fraction of sp³-hybridized carbons (Fsp3) is 0.276. The third kappa shape index (κ3) is 3.43. The Labute approximate surface area is 213 Å². The number of halogens is 1. The van der Waals surface area contributed by atoms with Crippen LogP contribution in [0.1, 0.15) is 58.6 Å². The number of aromatic carboxylic acids is 1. The molecule has 0 bridgehead atoms. The Morgan fingerprint density at radius 1 is 1.08 bits per heavy atom. The first-order chi connectivity index (χ1) is 17.3. The highest BCUT2D eigenvalue weighted by atomic mass is 35.5. The van der Waals surface area contributed by atoms with E-state index in [0.717, 1.165) is 47.3 Å². The Kier molecular flexibility index (Phi) is 5.20. The van der Waals surface area contributed by atoms with Crippen LogP contribution in [0.4, 0.5) is 11.4 Å². The third-order valence-corrected chi connectivity index (χ3v) is 8.22. The van der Waals surface area contributed by atoms with E-state index in [4.69, 9.17) is 11.6 Å². The van der Waals surface area contributed by atoms with E-state index < -0.39 is 11.4 Å². The molecule has 2 amide bonds. The summed E-state index contributed by atoms with van der Waals surface area (Å²) < 4.78 is 0. The SMILES string of the molecule is Cc1ccc(C2CC23C(=O)Nc2cc(Cl)c(-c4ccc(N5CCCCC5=O)cc4)cc23)cc1C(=O)O. The van der Waals surface area contributed by atoms with Crippen molar-refractivity contribution < 1.29 is 19.5 Å². The van der Waals surface area contributed by atoms with Gasteiger partial charge in [0.1, 0.15) is 0 Å². The summed E-state index contributed by atoms with van der Waals surface area (Å²) in [5.74, 6) is -0.992. The van der Waals surface area contributed by atoms with E-state index in [2.05, 4.69) is 5.32 Å². The van der Waals surface area contributed by atoms with Crippen LogP contribution in [0.25, 0.3) is 11.1 Å². The molecular weight excluding hydrogens is 476 g/mol. The molecule has 2 atom stereocenters. The molecule has 182 valence electrons. The van der Waals surface area contributed by atoms with Crippen LogP contribution in [0.5, 0.6) is 0 Å². The van der Waals surface area contributed by atoms with Gasteiger partial charge in [-0.2, -0.15) is 0 Å². The maximum absolute atomic E-state index is 13.2. The largest absolute Gasteiger partial charge is 0.478 e. The number of aryl methyl sites for hydroxylation is 1. The second-order valence-corrected chi connectivity index (χ2v) is 10.4. The summed E-state index contributed by atoms with van der Waals surface area (Å²) in [6, 6.07) is 17.0. The molecule has 2 aliphatic heterocycles. The fourth-order valence-corrected chi connectivity index (χ4v) is 6.10. The summed E-state index contributed by atoms with van der Waals surface area (Å²) in [5.41, 5.74) is 5.30. The van der Waals surface area contributed by atoms with Crippen molar-refractivity contribution >= 4 is 40.8 Å². The standard InChI is InChI=1S/C29H25ClN2O4/c1-16-5-6-18(12-20(16)27(34)35)23-15-29(23)22-13-21(24(30)14-25(22)31-28(29)36)17-7-9-19(10-8-17)32-11-3-2-4-26(32)33/h5-10,12-14,23H,2-4,11,15H2,1H3,(H,31,36)(H,34,35). The average molecular weight is 501 g/mol. The maximum Gasteiger partial charge on any atom is 0.335 e. The van der Waals surface area contributed by atoms with Crippen LogP contribution >= 0.6 is 11.6 Å². The topological polar surface area (TPSA) is 86.7 Å². The van der Waals surface area contributed by atoms with Gasteiger partial charge in [-0.1, -0.05) is 35.9 Å². The zero-order valence-corrected chi connectivity index (χ0v) is 20.6. The van der Waals surface area contributed by atoms with Crippen molar-refractivity contribution in [2.75, 3.05) is 16.8 Å². The quantitative estimate of drug-likeness (QED) is 0.466. The highest BCUT2D eigenvalue weighted by Gasteiger charge is 2.65. The molecule has 6 nitrogen and oxygen atoms in total. The minimum Gasteiger partial charge on any atom is -0.478 e. The Bertz CT molecular complexity index is 1450. The molecule has 3 aromatic carbocycles. The Morgan fingerprint density at radius 2 is 1.86 bits per heavy atom. The van der Waals surface area contributed by atoms with E-state index in [1.807, 2.05) is 41.3 Å². The minimum absolute atomic E-state index is 0.0767. The van der Waals surface area contributed by atoms with Gasteiger partial charge >= 0.3 is 5.97 Å². The molecular formula is C29H25ClN2O4. The lowest BCUT2D eigenvalue weighted by Gasteiger charge is -2.27.